The van der Waals surface area contributed by atoms with Gasteiger partial charge in [-0.05, 0) is 17.5 Å². The molecule has 2 aromatic carbocycles. The third-order valence-electron chi connectivity index (χ3n) is 4.74. The summed E-state index contributed by atoms with van der Waals surface area (Å²) in [5, 5.41) is 4.23. The van der Waals surface area contributed by atoms with Crippen molar-refractivity contribution in [2.75, 3.05) is 6.61 Å². The van der Waals surface area contributed by atoms with E-state index < -0.39 is 5.79 Å². The number of rotatable bonds is 6. The number of benzene rings is 2. The van der Waals surface area contributed by atoms with Gasteiger partial charge in [0, 0.05) is 5.56 Å². The van der Waals surface area contributed by atoms with Gasteiger partial charge < -0.3 is 9.47 Å². The van der Waals surface area contributed by atoms with E-state index in [0.717, 1.165) is 18.4 Å². The minimum Gasteiger partial charge on any atom is -0.342 e. The maximum Gasteiger partial charge on any atom is 0.215 e. The number of aromatic nitrogens is 3. The zero-order valence-corrected chi connectivity index (χ0v) is 14.9. The smallest absolute Gasteiger partial charge is 0.215 e. The molecular formula is C21H23N3O2. The molecule has 134 valence electrons. The van der Waals surface area contributed by atoms with Crippen molar-refractivity contribution in [1.82, 2.24) is 14.8 Å². The Labute approximate surface area is 153 Å². The first-order valence-electron chi connectivity index (χ1n) is 9.09. The van der Waals surface area contributed by atoms with Crippen LogP contribution in [0.1, 0.15) is 25.3 Å². The molecule has 2 unspecified atom stereocenters. The summed E-state index contributed by atoms with van der Waals surface area (Å²) in [7, 11) is 0. The van der Waals surface area contributed by atoms with Crippen LogP contribution in [-0.4, -0.2) is 27.5 Å². The van der Waals surface area contributed by atoms with E-state index in [-0.39, 0.29) is 6.10 Å². The highest BCUT2D eigenvalue weighted by atomic mass is 16.7. The molecule has 0 N–H and O–H groups in total. The van der Waals surface area contributed by atoms with Crippen molar-refractivity contribution in [2.24, 2.45) is 0 Å². The lowest BCUT2D eigenvalue weighted by Gasteiger charge is -2.28. The van der Waals surface area contributed by atoms with Crippen molar-refractivity contribution in [1.29, 1.82) is 0 Å². The lowest BCUT2D eigenvalue weighted by Crippen LogP contribution is -2.34. The fourth-order valence-electron chi connectivity index (χ4n) is 3.43. The predicted octanol–water partition coefficient (Wildman–Crippen LogP) is 4.01. The van der Waals surface area contributed by atoms with Crippen LogP contribution in [0.5, 0.6) is 0 Å². The monoisotopic (exact) mass is 349 g/mol. The van der Waals surface area contributed by atoms with Gasteiger partial charge in [-0.2, -0.15) is 5.10 Å². The fourth-order valence-corrected chi connectivity index (χ4v) is 3.43. The van der Waals surface area contributed by atoms with Crippen LogP contribution in [0.2, 0.25) is 0 Å². The predicted molar refractivity (Wildman–Crippen MR) is 99.3 cm³/mol. The fraction of sp³-hybridized carbons (Fsp3) is 0.333. The molecule has 3 aromatic rings. The van der Waals surface area contributed by atoms with Crippen molar-refractivity contribution in [3.63, 3.8) is 0 Å². The Balaban J connectivity index is 1.63. The van der Waals surface area contributed by atoms with Crippen LogP contribution >= 0.6 is 0 Å². The van der Waals surface area contributed by atoms with Gasteiger partial charge in [-0.1, -0.05) is 67.9 Å². The molecule has 2 atom stereocenters. The Morgan fingerprint density at radius 2 is 1.85 bits per heavy atom. The minimum absolute atomic E-state index is 0.109. The molecule has 1 aliphatic rings. The van der Waals surface area contributed by atoms with Crippen molar-refractivity contribution >= 4 is 0 Å². The van der Waals surface area contributed by atoms with Crippen molar-refractivity contribution in [3.8, 4) is 11.1 Å². The van der Waals surface area contributed by atoms with Gasteiger partial charge >= 0.3 is 0 Å². The summed E-state index contributed by atoms with van der Waals surface area (Å²) in [4.78, 5) is 4.04. The molecule has 0 saturated carbocycles. The van der Waals surface area contributed by atoms with Gasteiger partial charge in [0.15, 0.2) is 0 Å². The number of ether oxygens (including phenoxy) is 2. The second-order valence-corrected chi connectivity index (χ2v) is 6.63. The molecule has 1 aromatic heterocycles. The quantitative estimate of drug-likeness (QED) is 0.674. The zero-order valence-electron chi connectivity index (χ0n) is 14.9. The molecule has 26 heavy (non-hydrogen) atoms. The van der Waals surface area contributed by atoms with Gasteiger partial charge in [0.2, 0.25) is 5.79 Å². The molecule has 4 rings (SSSR count). The normalized spacial score (nSPS) is 22.6. The van der Waals surface area contributed by atoms with Gasteiger partial charge in [0.25, 0.3) is 0 Å². The highest BCUT2D eigenvalue weighted by Gasteiger charge is 2.43. The molecule has 0 amide bonds. The summed E-state index contributed by atoms with van der Waals surface area (Å²) in [5.74, 6) is -0.817. The van der Waals surface area contributed by atoms with Crippen LogP contribution in [0, 0.1) is 0 Å². The van der Waals surface area contributed by atoms with Crippen LogP contribution in [0.3, 0.4) is 0 Å². The molecule has 0 bridgehead atoms. The molecule has 1 aliphatic heterocycles. The Morgan fingerprint density at radius 1 is 1.08 bits per heavy atom. The van der Waals surface area contributed by atoms with Crippen LogP contribution in [0.15, 0.2) is 67.3 Å². The van der Waals surface area contributed by atoms with Crippen LogP contribution in [0.25, 0.3) is 11.1 Å². The summed E-state index contributed by atoms with van der Waals surface area (Å²) >= 11 is 0. The SMILES string of the molecule is CCCC1COC(Cn2cncn2)(c2ccc(-c3ccccc3)cc2)O1. The largest absolute Gasteiger partial charge is 0.342 e. The molecular weight excluding hydrogens is 326 g/mol. The lowest BCUT2D eigenvalue weighted by molar-refractivity contribution is -0.189. The van der Waals surface area contributed by atoms with Crippen molar-refractivity contribution < 1.29 is 9.47 Å². The zero-order chi connectivity index (χ0) is 17.8. The Hall–Kier alpha value is -2.50. The molecule has 0 spiro atoms. The van der Waals surface area contributed by atoms with Crippen molar-refractivity contribution in [2.45, 2.75) is 38.2 Å². The Kier molecular flexibility index (Phi) is 4.82. The summed E-state index contributed by atoms with van der Waals surface area (Å²) < 4.78 is 14.3. The second kappa shape index (κ2) is 7.40. The van der Waals surface area contributed by atoms with E-state index in [0.29, 0.717) is 13.2 Å². The maximum atomic E-state index is 6.38. The van der Waals surface area contributed by atoms with Crippen LogP contribution < -0.4 is 0 Å². The van der Waals surface area contributed by atoms with E-state index in [9.17, 15) is 0 Å². The van der Waals surface area contributed by atoms with Crippen molar-refractivity contribution in [3.05, 3.63) is 72.8 Å². The summed E-state index contributed by atoms with van der Waals surface area (Å²) in [5.41, 5.74) is 3.38. The molecule has 2 heterocycles. The second-order valence-electron chi connectivity index (χ2n) is 6.63. The topological polar surface area (TPSA) is 49.2 Å². The molecule has 5 heteroatoms. The average molecular weight is 349 g/mol. The summed E-state index contributed by atoms with van der Waals surface area (Å²) in [6.45, 7) is 3.25. The van der Waals surface area contributed by atoms with Crippen LogP contribution in [-0.2, 0) is 21.8 Å². The standard InChI is InChI=1S/C21H23N3O2/c1-2-6-20-13-25-21(26-20,14-24-16-22-15-23-24)19-11-9-18(10-12-19)17-7-4-3-5-8-17/h3-5,7-12,15-16,20H,2,6,13-14H2,1H3. The van der Waals surface area contributed by atoms with Gasteiger partial charge in [-0.25, -0.2) is 9.67 Å². The van der Waals surface area contributed by atoms with E-state index in [1.807, 2.05) is 18.2 Å². The minimum atomic E-state index is -0.817. The highest BCUT2D eigenvalue weighted by Crippen LogP contribution is 2.37. The highest BCUT2D eigenvalue weighted by molar-refractivity contribution is 5.63. The molecule has 1 saturated heterocycles. The van der Waals surface area contributed by atoms with E-state index in [1.165, 1.54) is 17.5 Å². The molecule has 1 fully saturated rings. The summed E-state index contributed by atoms with van der Waals surface area (Å²) in [6, 6.07) is 18.8. The first-order valence-corrected chi connectivity index (χ1v) is 9.09. The molecule has 5 nitrogen and oxygen atoms in total. The van der Waals surface area contributed by atoms with E-state index in [2.05, 4.69) is 53.4 Å². The number of nitrogens with zero attached hydrogens (tertiary/aromatic N) is 3. The van der Waals surface area contributed by atoms with Gasteiger partial charge in [-0.3, -0.25) is 0 Å². The Morgan fingerprint density at radius 3 is 2.54 bits per heavy atom. The van der Waals surface area contributed by atoms with E-state index in [1.54, 1.807) is 11.0 Å². The van der Waals surface area contributed by atoms with Gasteiger partial charge in [0.1, 0.15) is 19.2 Å². The van der Waals surface area contributed by atoms with Gasteiger partial charge in [-0.15, -0.1) is 0 Å². The van der Waals surface area contributed by atoms with E-state index in [4.69, 9.17) is 9.47 Å². The maximum absolute atomic E-state index is 6.38. The first kappa shape index (κ1) is 16.9. The third-order valence-corrected chi connectivity index (χ3v) is 4.74. The molecule has 0 radical (unpaired) electrons. The summed E-state index contributed by atoms with van der Waals surface area (Å²) in [6.07, 6.45) is 5.39. The lowest BCUT2D eigenvalue weighted by atomic mass is 10.00. The Bertz CT molecular complexity index is 818. The van der Waals surface area contributed by atoms with Crippen LogP contribution in [0.4, 0.5) is 0 Å². The first-order chi connectivity index (χ1) is 12.8. The van der Waals surface area contributed by atoms with Gasteiger partial charge in [0.05, 0.1) is 12.7 Å². The molecule has 0 aliphatic carbocycles. The average Bonchev–Trinajstić information content (AvgIpc) is 3.34. The van der Waals surface area contributed by atoms with E-state index >= 15 is 0 Å². The number of hydrogen-bond donors (Lipinski definition) is 0. The number of hydrogen-bond acceptors (Lipinski definition) is 4. The third kappa shape index (κ3) is 3.41.